The van der Waals surface area contributed by atoms with Gasteiger partial charge in [0.2, 0.25) is 0 Å². The molecule has 0 aliphatic heterocycles. The summed E-state index contributed by atoms with van der Waals surface area (Å²) in [5.74, 6) is 1.88. The van der Waals surface area contributed by atoms with Gasteiger partial charge in [0.25, 0.3) is 0 Å². The number of rotatable bonds is 2. The minimum Gasteiger partial charge on any atom is -0.455 e. The maximum absolute atomic E-state index is 6.49. The molecule has 0 atom stereocenters. The van der Waals surface area contributed by atoms with Crippen LogP contribution in [-0.2, 0) is 10.8 Å². The Morgan fingerprint density at radius 1 is 0.483 bits per heavy atom. The van der Waals surface area contributed by atoms with E-state index in [0.29, 0.717) is 0 Å². The van der Waals surface area contributed by atoms with Gasteiger partial charge in [-0.15, -0.1) is 0 Å². The summed E-state index contributed by atoms with van der Waals surface area (Å²) in [7, 11) is 0. The van der Waals surface area contributed by atoms with Crippen LogP contribution in [0, 0.1) is 0 Å². The van der Waals surface area contributed by atoms with Crippen molar-refractivity contribution in [2.75, 3.05) is 0 Å². The lowest BCUT2D eigenvalue weighted by atomic mass is 9.86. The second-order valence-electron chi connectivity index (χ2n) is 9.96. The zero-order chi connectivity index (χ0) is 20.8. The van der Waals surface area contributed by atoms with E-state index in [0.717, 1.165) is 33.4 Å². The maximum Gasteiger partial charge on any atom is 0.142 e. The zero-order valence-electron chi connectivity index (χ0n) is 18.3. The molecule has 0 spiro atoms. The first kappa shape index (κ1) is 19.5. The molecular weight excluding hydrogens is 352 g/mol. The van der Waals surface area contributed by atoms with Crippen LogP contribution in [0.25, 0.3) is 33.4 Å². The van der Waals surface area contributed by atoms with Gasteiger partial charge in [-0.1, -0.05) is 114 Å². The van der Waals surface area contributed by atoms with Gasteiger partial charge in [0, 0.05) is 21.9 Å². The van der Waals surface area contributed by atoms with E-state index < -0.39 is 0 Å². The Kier molecular flexibility index (Phi) is 4.65. The zero-order valence-corrected chi connectivity index (χ0v) is 18.3. The van der Waals surface area contributed by atoms with Gasteiger partial charge in [-0.2, -0.15) is 0 Å². The summed E-state index contributed by atoms with van der Waals surface area (Å²) >= 11 is 0. The van der Waals surface area contributed by atoms with E-state index in [-0.39, 0.29) is 10.8 Å². The van der Waals surface area contributed by atoms with Crippen molar-refractivity contribution in [2.45, 2.75) is 52.4 Å². The van der Waals surface area contributed by atoms with Crippen LogP contribution in [0.4, 0.5) is 0 Å². The molecule has 0 radical (unpaired) electrons. The molecule has 0 saturated carbocycles. The number of fused-ring (bicyclic) bond motifs is 1. The van der Waals surface area contributed by atoms with Gasteiger partial charge in [0.15, 0.2) is 0 Å². The van der Waals surface area contributed by atoms with Crippen molar-refractivity contribution in [1.82, 2.24) is 0 Å². The van der Waals surface area contributed by atoms with Crippen LogP contribution < -0.4 is 0 Å². The SMILES string of the molecule is CC(C)(C)c1ccc(-c2oc(-c3ccc(C(C)(C)C)cc3)c3ccccc23)cc1. The predicted octanol–water partition coefficient (Wildman–Crippen LogP) is 8.36. The Labute approximate surface area is 174 Å². The third-order valence-corrected chi connectivity index (χ3v) is 5.65. The molecule has 1 nitrogen and oxygen atoms in total. The molecule has 0 saturated heterocycles. The van der Waals surface area contributed by atoms with E-state index in [1.54, 1.807) is 0 Å². The Hall–Kier alpha value is -2.80. The highest BCUT2D eigenvalue weighted by Gasteiger charge is 2.19. The topological polar surface area (TPSA) is 13.1 Å². The fraction of sp³-hybridized carbons (Fsp3) is 0.286. The molecule has 4 rings (SSSR count). The lowest BCUT2D eigenvalue weighted by molar-refractivity contribution is 0.587. The highest BCUT2D eigenvalue weighted by molar-refractivity contribution is 6.02. The van der Waals surface area contributed by atoms with Crippen LogP contribution in [0.2, 0.25) is 0 Å². The predicted molar refractivity (Wildman–Crippen MR) is 124 cm³/mol. The Morgan fingerprint density at radius 2 is 0.828 bits per heavy atom. The van der Waals surface area contributed by atoms with Gasteiger partial charge in [0.05, 0.1) is 0 Å². The highest BCUT2D eigenvalue weighted by Crippen LogP contribution is 2.40. The van der Waals surface area contributed by atoms with Crippen molar-refractivity contribution in [2.24, 2.45) is 0 Å². The molecule has 0 amide bonds. The van der Waals surface area contributed by atoms with Crippen molar-refractivity contribution in [3.8, 4) is 22.6 Å². The van der Waals surface area contributed by atoms with E-state index >= 15 is 0 Å². The molecule has 0 fully saturated rings. The Bertz CT molecular complexity index is 1040. The summed E-state index contributed by atoms with van der Waals surface area (Å²) in [6, 6.07) is 26.0. The fourth-order valence-electron chi connectivity index (χ4n) is 3.76. The van der Waals surface area contributed by atoms with Crippen molar-refractivity contribution < 1.29 is 4.42 Å². The quantitative estimate of drug-likeness (QED) is 0.339. The normalized spacial score (nSPS) is 12.5. The lowest BCUT2D eigenvalue weighted by Gasteiger charge is -2.19. The average molecular weight is 383 g/mol. The molecule has 1 aromatic heterocycles. The third kappa shape index (κ3) is 3.74. The van der Waals surface area contributed by atoms with Crippen LogP contribution in [0.1, 0.15) is 52.7 Å². The highest BCUT2D eigenvalue weighted by atomic mass is 16.3. The summed E-state index contributed by atoms with van der Waals surface area (Å²) < 4.78 is 6.49. The fourth-order valence-corrected chi connectivity index (χ4v) is 3.76. The first-order valence-electron chi connectivity index (χ1n) is 10.4. The van der Waals surface area contributed by atoms with E-state index in [1.165, 1.54) is 11.1 Å². The molecule has 1 heterocycles. The molecule has 148 valence electrons. The summed E-state index contributed by atoms with van der Waals surface area (Å²) in [5, 5.41) is 2.32. The van der Waals surface area contributed by atoms with Crippen LogP contribution in [0.5, 0.6) is 0 Å². The first-order valence-corrected chi connectivity index (χ1v) is 10.4. The first-order chi connectivity index (χ1) is 13.6. The molecular formula is C28H30O. The Morgan fingerprint density at radius 3 is 1.14 bits per heavy atom. The smallest absolute Gasteiger partial charge is 0.142 e. The van der Waals surface area contributed by atoms with Gasteiger partial charge in [0.1, 0.15) is 11.5 Å². The van der Waals surface area contributed by atoms with Gasteiger partial charge in [-0.05, 0) is 22.0 Å². The van der Waals surface area contributed by atoms with Crippen LogP contribution in [-0.4, -0.2) is 0 Å². The van der Waals surface area contributed by atoms with Crippen LogP contribution in [0.15, 0.2) is 77.2 Å². The summed E-state index contributed by atoms with van der Waals surface area (Å²) in [5.41, 5.74) is 5.18. The monoisotopic (exact) mass is 382 g/mol. The summed E-state index contributed by atoms with van der Waals surface area (Å²) in [4.78, 5) is 0. The second-order valence-corrected chi connectivity index (χ2v) is 9.96. The standard InChI is InChI=1S/C28H30O/c1-27(2,3)21-15-11-19(12-16-21)25-23-9-7-8-10-24(23)26(29-25)20-13-17-22(18-14-20)28(4,5)6/h7-18H,1-6H3. The van der Waals surface area contributed by atoms with Gasteiger partial charge >= 0.3 is 0 Å². The molecule has 3 aromatic carbocycles. The number of benzene rings is 3. The van der Waals surface area contributed by atoms with Gasteiger partial charge in [-0.25, -0.2) is 0 Å². The largest absolute Gasteiger partial charge is 0.455 e. The second kappa shape index (κ2) is 6.91. The molecule has 1 heteroatoms. The minimum atomic E-state index is 0.143. The lowest BCUT2D eigenvalue weighted by Crippen LogP contribution is -2.10. The van der Waals surface area contributed by atoms with E-state index in [9.17, 15) is 0 Å². The van der Waals surface area contributed by atoms with E-state index in [2.05, 4.69) is 114 Å². The van der Waals surface area contributed by atoms with Crippen molar-refractivity contribution in [3.63, 3.8) is 0 Å². The van der Waals surface area contributed by atoms with Gasteiger partial charge in [-0.3, -0.25) is 0 Å². The molecule has 0 aliphatic carbocycles. The van der Waals surface area contributed by atoms with Crippen molar-refractivity contribution >= 4 is 10.8 Å². The number of hydrogen-bond acceptors (Lipinski definition) is 1. The molecule has 4 aromatic rings. The molecule has 0 unspecified atom stereocenters. The average Bonchev–Trinajstić information content (AvgIpc) is 3.07. The summed E-state index contributed by atoms with van der Waals surface area (Å²) in [6.07, 6.45) is 0. The van der Waals surface area contributed by atoms with Crippen LogP contribution in [0.3, 0.4) is 0 Å². The number of hydrogen-bond donors (Lipinski definition) is 0. The van der Waals surface area contributed by atoms with E-state index in [1.807, 2.05) is 0 Å². The van der Waals surface area contributed by atoms with Crippen molar-refractivity contribution in [3.05, 3.63) is 83.9 Å². The minimum absolute atomic E-state index is 0.143. The van der Waals surface area contributed by atoms with E-state index in [4.69, 9.17) is 4.42 Å². The molecule has 0 aliphatic rings. The molecule has 29 heavy (non-hydrogen) atoms. The molecule has 0 N–H and O–H groups in total. The Balaban J connectivity index is 1.82. The number of furan rings is 1. The van der Waals surface area contributed by atoms with Crippen molar-refractivity contribution in [1.29, 1.82) is 0 Å². The molecule has 0 bridgehead atoms. The van der Waals surface area contributed by atoms with Crippen LogP contribution >= 0.6 is 0 Å². The third-order valence-electron chi connectivity index (χ3n) is 5.65. The summed E-state index contributed by atoms with van der Waals surface area (Å²) in [6.45, 7) is 13.4. The van der Waals surface area contributed by atoms with Gasteiger partial charge < -0.3 is 4.42 Å². The maximum atomic E-state index is 6.49.